The molecule has 0 aromatic heterocycles. The molecule has 0 unspecified atom stereocenters. The van der Waals surface area contributed by atoms with Crippen molar-refractivity contribution in [2.45, 2.75) is 141 Å². The lowest BCUT2D eigenvalue weighted by Crippen LogP contribution is -2.52. The number of hydrogen-bond acceptors (Lipinski definition) is 2. The van der Waals surface area contributed by atoms with Crippen molar-refractivity contribution in [1.29, 1.82) is 0 Å². The Kier molecular flexibility index (Phi) is 9.34. The second kappa shape index (κ2) is 12.2. The van der Waals surface area contributed by atoms with Gasteiger partial charge in [0.15, 0.2) is 5.70 Å². The highest BCUT2D eigenvalue weighted by atomic mass is 16.5. The fraction of sp³-hybridized carbons (Fsp3) is 0.900. The Hall–Kier alpha value is -0.850. The van der Waals surface area contributed by atoms with Crippen LogP contribution < -0.4 is 0 Å². The summed E-state index contributed by atoms with van der Waals surface area (Å²) in [5.74, 6) is 2.98. The first kappa shape index (κ1) is 25.2. The zero-order valence-corrected chi connectivity index (χ0v) is 21.8. The molecule has 4 rings (SSSR count). The van der Waals surface area contributed by atoms with Gasteiger partial charge in [0.2, 0.25) is 0 Å². The van der Waals surface area contributed by atoms with Crippen LogP contribution in [0.5, 0.6) is 0 Å². The van der Waals surface area contributed by atoms with Crippen molar-refractivity contribution in [3.05, 3.63) is 23.2 Å². The summed E-state index contributed by atoms with van der Waals surface area (Å²) in [6.07, 6.45) is 24.1. The lowest BCUT2D eigenvalue weighted by atomic mass is 9.77. The van der Waals surface area contributed by atoms with Gasteiger partial charge in [-0.15, -0.1) is 0 Å². The summed E-state index contributed by atoms with van der Waals surface area (Å²) in [7, 11) is 1.83. The van der Waals surface area contributed by atoms with Gasteiger partial charge in [-0.3, -0.25) is 4.90 Å². The molecule has 0 heterocycles. The van der Waals surface area contributed by atoms with Crippen LogP contribution in [0.3, 0.4) is 0 Å². The summed E-state index contributed by atoms with van der Waals surface area (Å²) in [6, 6.07) is 2.47. The maximum Gasteiger partial charge on any atom is 0.165 e. The highest BCUT2D eigenvalue weighted by Gasteiger charge is 2.37. The van der Waals surface area contributed by atoms with Crippen molar-refractivity contribution in [3.8, 4) is 0 Å². The smallest absolute Gasteiger partial charge is 0.165 e. The monoisotopic (exact) mass is 454 g/mol. The number of hydrogen-bond donors (Lipinski definition) is 0. The number of methoxy groups -OCH3 is 1. The van der Waals surface area contributed by atoms with Crippen LogP contribution in [0, 0.1) is 30.2 Å². The number of nitrogens with zero attached hydrogens (tertiary/aromatic N) is 2. The Balaban J connectivity index is 1.36. The van der Waals surface area contributed by atoms with Crippen molar-refractivity contribution < 1.29 is 4.74 Å². The fourth-order valence-electron chi connectivity index (χ4n) is 7.64. The van der Waals surface area contributed by atoms with Crippen LogP contribution in [0.25, 0.3) is 4.85 Å². The second-order valence-electron chi connectivity index (χ2n) is 12.3. The first-order valence-electron chi connectivity index (χ1n) is 14.5. The molecule has 0 spiro atoms. The van der Waals surface area contributed by atoms with Crippen LogP contribution in [0.15, 0.2) is 11.8 Å². The second-order valence-corrected chi connectivity index (χ2v) is 12.3. The first-order chi connectivity index (χ1) is 16.1. The third kappa shape index (κ3) is 6.64. The summed E-state index contributed by atoms with van der Waals surface area (Å²) in [6.45, 7) is 12.7. The number of allylic oxidation sites excluding steroid dienone is 2. The van der Waals surface area contributed by atoms with E-state index < -0.39 is 0 Å². The summed E-state index contributed by atoms with van der Waals surface area (Å²) in [4.78, 5) is 7.11. The van der Waals surface area contributed by atoms with E-state index in [4.69, 9.17) is 11.3 Å². The lowest BCUT2D eigenvalue weighted by Gasteiger charge is -2.49. The van der Waals surface area contributed by atoms with Crippen LogP contribution >= 0.6 is 0 Å². The standard InChI is InChI=1S/C30H50N2O/c1-22-5-13-26(14-6-22)32(27-15-7-23(2)8-16-27)28-17-9-24(10-18-28)21-30(31-3)25-11-19-29(33-4)20-12-25/h21-29H,5-20H2,1-2,4H3/b30-21-. The quantitative estimate of drug-likeness (QED) is 0.378. The SMILES string of the molecule is [C-]#[N+]/C(=C\C1CCC(N(C2CCC(C)CC2)C2CCC(C)CC2)CC1)C1CCC(OC)CC1. The summed E-state index contributed by atoms with van der Waals surface area (Å²) < 4.78 is 5.55. The largest absolute Gasteiger partial charge is 0.381 e. The average molecular weight is 455 g/mol. The van der Waals surface area contributed by atoms with E-state index in [1.165, 1.54) is 77.0 Å². The third-order valence-corrected chi connectivity index (χ3v) is 9.94. The molecule has 0 bridgehead atoms. The Morgan fingerprint density at radius 1 is 0.697 bits per heavy atom. The molecule has 0 N–H and O–H groups in total. The highest BCUT2D eigenvalue weighted by molar-refractivity contribution is 5.17. The summed E-state index contributed by atoms with van der Waals surface area (Å²) >= 11 is 0. The molecule has 186 valence electrons. The topological polar surface area (TPSA) is 16.8 Å². The molecule has 0 aromatic carbocycles. The van der Waals surface area contributed by atoms with Crippen LogP contribution in [0.2, 0.25) is 0 Å². The van der Waals surface area contributed by atoms with Gasteiger partial charge in [0.05, 0.1) is 12.7 Å². The Labute approximate surface area is 204 Å². The van der Waals surface area contributed by atoms with E-state index in [1.54, 1.807) is 0 Å². The van der Waals surface area contributed by atoms with Gasteiger partial charge >= 0.3 is 0 Å². The van der Waals surface area contributed by atoms with Gasteiger partial charge < -0.3 is 4.74 Å². The average Bonchev–Trinajstić information content (AvgIpc) is 2.86. The van der Waals surface area contributed by atoms with Gasteiger partial charge in [0, 0.05) is 25.2 Å². The zero-order valence-electron chi connectivity index (χ0n) is 21.8. The minimum atomic E-state index is 0.417. The third-order valence-electron chi connectivity index (χ3n) is 9.94. The minimum Gasteiger partial charge on any atom is -0.381 e. The molecule has 4 aliphatic rings. The molecule has 0 aromatic rings. The van der Waals surface area contributed by atoms with E-state index in [1.807, 2.05) is 7.11 Å². The van der Waals surface area contributed by atoms with E-state index in [2.05, 4.69) is 29.7 Å². The van der Waals surface area contributed by atoms with Crippen LogP contribution in [0.1, 0.15) is 117 Å². The highest BCUT2D eigenvalue weighted by Crippen LogP contribution is 2.40. The molecule has 4 fully saturated rings. The van der Waals surface area contributed by atoms with Crippen molar-refractivity contribution in [2.24, 2.45) is 23.7 Å². The van der Waals surface area contributed by atoms with Gasteiger partial charge in [0.25, 0.3) is 0 Å². The normalized spacial score (nSPS) is 41.0. The molecule has 3 heteroatoms. The molecule has 0 atom stereocenters. The van der Waals surface area contributed by atoms with Gasteiger partial charge in [0.1, 0.15) is 0 Å². The molecular formula is C30H50N2O. The van der Waals surface area contributed by atoms with E-state index in [-0.39, 0.29) is 0 Å². The van der Waals surface area contributed by atoms with Gasteiger partial charge in [-0.05, 0) is 114 Å². The van der Waals surface area contributed by atoms with Gasteiger partial charge in [-0.2, -0.15) is 0 Å². The summed E-state index contributed by atoms with van der Waals surface area (Å²) in [5.41, 5.74) is 1.08. The lowest BCUT2D eigenvalue weighted by molar-refractivity contribution is 0.00809. The zero-order chi connectivity index (χ0) is 23.2. The molecule has 0 aliphatic heterocycles. The van der Waals surface area contributed by atoms with Crippen molar-refractivity contribution >= 4 is 0 Å². The van der Waals surface area contributed by atoms with E-state index >= 15 is 0 Å². The van der Waals surface area contributed by atoms with Gasteiger partial charge in [-0.25, -0.2) is 4.85 Å². The van der Waals surface area contributed by atoms with Crippen LogP contribution in [0.4, 0.5) is 0 Å². The fourth-order valence-corrected chi connectivity index (χ4v) is 7.64. The molecule has 0 amide bonds. The summed E-state index contributed by atoms with van der Waals surface area (Å²) in [5, 5.41) is 0. The van der Waals surface area contributed by atoms with Crippen molar-refractivity contribution in [2.75, 3.05) is 7.11 Å². The Morgan fingerprint density at radius 3 is 1.58 bits per heavy atom. The Morgan fingerprint density at radius 2 is 1.15 bits per heavy atom. The van der Waals surface area contributed by atoms with E-state index in [9.17, 15) is 0 Å². The number of ether oxygens (including phenoxy) is 1. The van der Waals surface area contributed by atoms with E-state index in [0.717, 1.165) is 61.3 Å². The predicted molar refractivity (Wildman–Crippen MR) is 138 cm³/mol. The number of rotatable bonds is 6. The first-order valence-corrected chi connectivity index (χ1v) is 14.5. The van der Waals surface area contributed by atoms with Crippen LogP contribution in [-0.2, 0) is 4.74 Å². The molecule has 33 heavy (non-hydrogen) atoms. The Bertz CT molecular complexity index is 627. The predicted octanol–water partition coefficient (Wildman–Crippen LogP) is 8.01. The molecule has 4 saturated carbocycles. The molecular weight excluding hydrogens is 404 g/mol. The van der Waals surface area contributed by atoms with E-state index in [0.29, 0.717) is 17.9 Å². The van der Waals surface area contributed by atoms with Crippen molar-refractivity contribution in [1.82, 2.24) is 4.90 Å². The molecule has 0 radical (unpaired) electrons. The molecule has 0 saturated heterocycles. The minimum absolute atomic E-state index is 0.417. The van der Waals surface area contributed by atoms with Gasteiger partial charge in [-0.1, -0.05) is 32.8 Å². The molecule has 3 nitrogen and oxygen atoms in total. The van der Waals surface area contributed by atoms with Crippen LogP contribution in [-0.4, -0.2) is 36.2 Å². The maximum absolute atomic E-state index is 7.84. The molecule has 4 aliphatic carbocycles. The van der Waals surface area contributed by atoms with Crippen molar-refractivity contribution in [3.63, 3.8) is 0 Å². The maximum atomic E-state index is 7.84.